The third-order valence-corrected chi connectivity index (χ3v) is 3.82. The van der Waals surface area contributed by atoms with Gasteiger partial charge in [0.2, 0.25) is 5.88 Å². The van der Waals surface area contributed by atoms with Crippen LogP contribution in [-0.2, 0) is 4.74 Å². The molecule has 0 aliphatic heterocycles. The first-order valence-corrected chi connectivity index (χ1v) is 8.27. The van der Waals surface area contributed by atoms with Gasteiger partial charge in [0.05, 0.1) is 16.6 Å². The van der Waals surface area contributed by atoms with Crippen molar-refractivity contribution in [2.45, 2.75) is 25.8 Å². The number of halogens is 5. The molecule has 0 radical (unpaired) electrons. The monoisotopic (exact) mass is 415 g/mol. The van der Waals surface area contributed by atoms with Crippen LogP contribution in [0, 0.1) is 0 Å². The highest BCUT2D eigenvalue weighted by molar-refractivity contribution is 5.89. The third kappa shape index (κ3) is 4.79. The van der Waals surface area contributed by atoms with Crippen molar-refractivity contribution in [3.05, 3.63) is 54.0 Å². The highest BCUT2D eigenvalue weighted by Gasteiger charge is 2.29. The van der Waals surface area contributed by atoms with E-state index in [1.165, 1.54) is 13.0 Å². The second-order valence-corrected chi connectivity index (χ2v) is 5.94. The lowest BCUT2D eigenvalue weighted by atomic mass is 10.3. The van der Waals surface area contributed by atoms with E-state index in [-0.39, 0.29) is 22.8 Å². The predicted molar refractivity (Wildman–Crippen MR) is 90.6 cm³/mol. The number of aromatic nitrogens is 3. The van der Waals surface area contributed by atoms with Gasteiger partial charge in [-0.25, -0.2) is 14.8 Å². The zero-order valence-corrected chi connectivity index (χ0v) is 14.9. The van der Waals surface area contributed by atoms with Crippen LogP contribution in [0.3, 0.4) is 0 Å². The maximum atomic E-state index is 13.5. The molecule has 0 N–H and O–H groups in total. The summed E-state index contributed by atoms with van der Waals surface area (Å²) < 4.78 is 73.7. The number of hydrogen-bond donors (Lipinski definition) is 0. The first-order chi connectivity index (χ1) is 13.7. The van der Waals surface area contributed by atoms with Crippen LogP contribution in [0.5, 0.6) is 5.88 Å². The maximum Gasteiger partial charge on any atom is 0.422 e. The Morgan fingerprint density at radius 1 is 1.17 bits per heavy atom. The molecule has 2 aromatic heterocycles. The van der Waals surface area contributed by atoms with E-state index in [2.05, 4.69) is 14.7 Å². The number of benzene rings is 1. The van der Waals surface area contributed by atoms with Crippen molar-refractivity contribution >= 4 is 17.0 Å². The van der Waals surface area contributed by atoms with Crippen LogP contribution in [-0.4, -0.2) is 33.3 Å². The number of imidazole rings is 1. The summed E-state index contributed by atoms with van der Waals surface area (Å²) in [6, 6.07) is 8.47. The molecule has 29 heavy (non-hydrogen) atoms. The summed E-state index contributed by atoms with van der Waals surface area (Å²) >= 11 is 0. The lowest BCUT2D eigenvalue weighted by molar-refractivity contribution is -0.154. The van der Waals surface area contributed by atoms with Gasteiger partial charge in [0.25, 0.3) is 0 Å². The number of carbonyl (C=O) groups is 1. The zero-order chi connectivity index (χ0) is 21.2. The molecule has 3 aromatic rings. The smallest absolute Gasteiger partial charge is 0.422 e. The van der Waals surface area contributed by atoms with Crippen molar-refractivity contribution in [2.24, 2.45) is 0 Å². The molecule has 0 saturated heterocycles. The van der Waals surface area contributed by atoms with Crippen LogP contribution in [0.25, 0.3) is 11.0 Å². The molecular formula is C18H14F5N3O3. The maximum absolute atomic E-state index is 13.5. The highest BCUT2D eigenvalue weighted by atomic mass is 19.4. The van der Waals surface area contributed by atoms with Gasteiger partial charge in [-0.3, -0.25) is 4.57 Å². The number of alkyl halides is 5. The van der Waals surface area contributed by atoms with E-state index < -0.39 is 31.4 Å². The molecule has 0 spiro atoms. The van der Waals surface area contributed by atoms with Crippen LogP contribution >= 0.6 is 0 Å². The largest absolute Gasteiger partial charge is 0.468 e. The van der Waals surface area contributed by atoms with E-state index in [1.54, 1.807) is 18.2 Å². The average molecular weight is 415 g/mol. The van der Waals surface area contributed by atoms with E-state index >= 15 is 0 Å². The molecule has 6 nitrogen and oxygen atoms in total. The minimum atomic E-state index is -4.52. The second-order valence-electron chi connectivity index (χ2n) is 5.94. The lowest BCUT2D eigenvalue weighted by Crippen LogP contribution is -2.19. The molecule has 1 atom stereocenters. The summed E-state index contributed by atoms with van der Waals surface area (Å²) in [5.41, 5.74) is 0.419. The van der Waals surface area contributed by atoms with E-state index in [0.717, 1.165) is 18.3 Å². The van der Waals surface area contributed by atoms with Gasteiger partial charge >= 0.3 is 18.7 Å². The Bertz CT molecular complexity index is 1000. The Morgan fingerprint density at radius 3 is 2.52 bits per heavy atom. The number of pyridine rings is 1. The van der Waals surface area contributed by atoms with Crippen LogP contribution < -0.4 is 4.74 Å². The van der Waals surface area contributed by atoms with Gasteiger partial charge in [-0.05, 0) is 25.1 Å². The molecular weight excluding hydrogens is 401 g/mol. The van der Waals surface area contributed by atoms with Gasteiger partial charge in [-0.15, -0.1) is 0 Å². The Labute approximate surface area is 160 Å². The number of esters is 1. The normalized spacial score (nSPS) is 12.9. The molecule has 0 bridgehead atoms. The Morgan fingerprint density at radius 2 is 1.90 bits per heavy atom. The third-order valence-electron chi connectivity index (χ3n) is 3.82. The standard InChI is InChI=1S/C18H14F5N3O3/c1-10(15-25-12-4-2-3-5-13(12)26(15)17(19)20)29-16(27)11-6-7-14(24-8-11)28-9-18(21,22)23/h2-8,10,17H,9H2,1H3. The van der Waals surface area contributed by atoms with E-state index in [1.807, 2.05) is 0 Å². The number of para-hydroxylation sites is 2. The minimum absolute atomic E-state index is 0.0871. The predicted octanol–water partition coefficient (Wildman–Crippen LogP) is 4.69. The molecule has 0 amide bonds. The molecule has 0 fully saturated rings. The number of hydrogen-bond acceptors (Lipinski definition) is 5. The van der Waals surface area contributed by atoms with E-state index in [4.69, 9.17) is 4.74 Å². The summed E-state index contributed by atoms with van der Waals surface area (Å²) in [7, 11) is 0. The molecule has 0 aliphatic rings. The average Bonchev–Trinajstić information content (AvgIpc) is 3.06. The lowest BCUT2D eigenvalue weighted by Gasteiger charge is -2.15. The van der Waals surface area contributed by atoms with Gasteiger partial charge in [0.1, 0.15) is 0 Å². The van der Waals surface area contributed by atoms with Gasteiger partial charge in [-0.1, -0.05) is 12.1 Å². The van der Waals surface area contributed by atoms with Gasteiger partial charge in [-0.2, -0.15) is 22.0 Å². The fourth-order valence-corrected chi connectivity index (χ4v) is 2.58. The van der Waals surface area contributed by atoms with Crippen LogP contribution in [0.4, 0.5) is 22.0 Å². The number of carbonyl (C=O) groups excluding carboxylic acids is 1. The quantitative estimate of drug-likeness (QED) is 0.432. The first-order valence-electron chi connectivity index (χ1n) is 8.27. The summed E-state index contributed by atoms with van der Waals surface area (Å²) in [6.45, 7) is -3.04. The number of ether oxygens (including phenoxy) is 2. The molecule has 1 unspecified atom stereocenters. The van der Waals surface area contributed by atoms with Crippen molar-refractivity contribution in [2.75, 3.05) is 6.61 Å². The van der Waals surface area contributed by atoms with E-state index in [0.29, 0.717) is 10.1 Å². The second kappa shape index (κ2) is 8.02. The summed E-state index contributed by atoms with van der Waals surface area (Å²) in [5.74, 6) is -1.38. The zero-order valence-electron chi connectivity index (χ0n) is 14.9. The number of rotatable bonds is 6. The van der Waals surface area contributed by atoms with Crippen molar-refractivity contribution in [3.63, 3.8) is 0 Å². The van der Waals surface area contributed by atoms with Crippen molar-refractivity contribution in [3.8, 4) is 5.88 Å². The van der Waals surface area contributed by atoms with Crippen LogP contribution in [0.2, 0.25) is 0 Å². The summed E-state index contributed by atoms with van der Waals surface area (Å²) in [6.07, 6.45) is -4.67. The number of fused-ring (bicyclic) bond motifs is 1. The molecule has 2 heterocycles. The molecule has 1 aromatic carbocycles. The molecule has 11 heteroatoms. The minimum Gasteiger partial charge on any atom is -0.468 e. The highest BCUT2D eigenvalue weighted by Crippen LogP contribution is 2.28. The Hall–Kier alpha value is -3.24. The summed E-state index contributed by atoms with van der Waals surface area (Å²) in [4.78, 5) is 20.0. The van der Waals surface area contributed by atoms with Crippen molar-refractivity contribution < 1.29 is 36.2 Å². The van der Waals surface area contributed by atoms with Crippen molar-refractivity contribution in [1.82, 2.24) is 14.5 Å². The number of nitrogens with zero attached hydrogens (tertiary/aromatic N) is 3. The van der Waals surface area contributed by atoms with E-state index in [9.17, 15) is 26.7 Å². The fourth-order valence-electron chi connectivity index (χ4n) is 2.58. The van der Waals surface area contributed by atoms with Crippen LogP contribution in [0.1, 0.15) is 35.8 Å². The Kier molecular flexibility index (Phi) is 5.66. The molecule has 0 aliphatic carbocycles. The van der Waals surface area contributed by atoms with Gasteiger partial charge in [0, 0.05) is 12.3 Å². The Balaban J connectivity index is 1.74. The topological polar surface area (TPSA) is 66.2 Å². The SMILES string of the molecule is CC(OC(=O)c1ccc(OCC(F)(F)F)nc1)c1nc2ccccc2n1C(F)F. The van der Waals surface area contributed by atoms with Crippen LogP contribution in [0.15, 0.2) is 42.6 Å². The molecule has 154 valence electrons. The van der Waals surface area contributed by atoms with Gasteiger partial charge < -0.3 is 9.47 Å². The summed E-state index contributed by atoms with van der Waals surface area (Å²) in [5, 5.41) is 0. The fraction of sp³-hybridized carbons (Fsp3) is 0.278. The van der Waals surface area contributed by atoms with Crippen molar-refractivity contribution in [1.29, 1.82) is 0 Å². The first kappa shape index (κ1) is 20.5. The molecule has 0 saturated carbocycles. The van der Waals surface area contributed by atoms with Gasteiger partial charge in [0.15, 0.2) is 18.5 Å². The molecule has 3 rings (SSSR count).